The van der Waals surface area contributed by atoms with Crippen LogP contribution in [0.1, 0.15) is 37.3 Å². The smallest absolute Gasteiger partial charge is 0.242 e. The summed E-state index contributed by atoms with van der Waals surface area (Å²) < 4.78 is 5.91. The van der Waals surface area contributed by atoms with E-state index in [-0.39, 0.29) is 0 Å². The predicted molar refractivity (Wildman–Crippen MR) is 83.1 cm³/mol. The van der Waals surface area contributed by atoms with Gasteiger partial charge in [0.1, 0.15) is 5.76 Å². The molecular formula is C16H26OSi. The molecule has 0 aliphatic rings. The quantitative estimate of drug-likeness (QED) is 0.371. The largest absolute Gasteiger partial charge is 0.544 e. The van der Waals surface area contributed by atoms with E-state index in [2.05, 4.69) is 57.4 Å². The number of hydrogen-bond donors (Lipinski definition) is 0. The van der Waals surface area contributed by atoms with Crippen molar-refractivity contribution >= 4 is 14.1 Å². The number of aryl methyl sites for hydroxylation is 1. The van der Waals surface area contributed by atoms with Gasteiger partial charge in [-0.2, -0.15) is 0 Å². The molecular weight excluding hydrogens is 236 g/mol. The fraction of sp³-hybridized carbons (Fsp3) is 0.500. The van der Waals surface area contributed by atoms with E-state index in [9.17, 15) is 0 Å². The highest BCUT2D eigenvalue weighted by atomic mass is 28.4. The van der Waals surface area contributed by atoms with Crippen LogP contribution in [0.5, 0.6) is 0 Å². The lowest BCUT2D eigenvalue weighted by Crippen LogP contribution is -2.24. The van der Waals surface area contributed by atoms with Crippen LogP contribution in [-0.2, 0) is 10.8 Å². The van der Waals surface area contributed by atoms with Crippen LogP contribution in [0.4, 0.5) is 0 Å². The van der Waals surface area contributed by atoms with Crippen LogP contribution in [0, 0.1) is 0 Å². The van der Waals surface area contributed by atoms with Gasteiger partial charge in [0.15, 0.2) is 0 Å². The van der Waals surface area contributed by atoms with Crippen molar-refractivity contribution in [2.75, 3.05) is 0 Å². The lowest BCUT2D eigenvalue weighted by atomic mass is 10.1. The third-order valence-electron chi connectivity index (χ3n) is 2.77. The number of unbranched alkanes of at least 4 members (excludes halogenated alkanes) is 2. The zero-order chi connectivity index (χ0) is 13.6. The SMILES string of the molecule is C=C(O[Si](C)(C)C)c1ccc(CCCCC)cc1. The molecule has 0 saturated heterocycles. The first-order valence-corrected chi connectivity index (χ1v) is 10.3. The number of hydrogen-bond acceptors (Lipinski definition) is 1. The first kappa shape index (κ1) is 15.0. The van der Waals surface area contributed by atoms with Gasteiger partial charge in [-0.15, -0.1) is 0 Å². The third kappa shape index (κ3) is 5.54. The molecule has 100 valence electrons. The molecule has 0 amide bonds. The molecule has 0 fully saturated rings. The van der Waals surface area contributed by atoms with Crippen LogP contribution >= 0.6 is 0 Å². The molecule has 1 rings (SSSR count). The van der Waals surface area contributed by atoms with E-state index >= 15 is 0 Å². The lowest BCUT2D eigenvalue weighted by Gasteiger charge is -2.21. The predicted octanol–water partition coefficient (Wildman–Crippen LogP) is 5.24. The molecule has 0 aromatic heterocycles. The van der Waals surface area contributed by atoms with E-state index in [4.69, 9.17) is 4.43 Å². The molecule has 0 atom stereocenters. The third-order valence-corrected chi connectivity index (χ3v) is 3.63. The van der Waals surface area contributed by atoms with Crippen molar-refractivity contribution in [3.8, 4) is 0 Å². The Morgan fingerprint density at radius 1 is 1.11 bits per heavy atom. The zero-order valence-corrected chi connectivity index (χ0v) is 13.3. The van der Waals surface area contributed by atoms with Gasteiger partial charge in [-0.05, 0) is 38.0 Å². The van der Waals surface area contributed by atoms with Gasteiger partial charge in [-0.1, -0.05) is 50.6 Å². The molecule has 18 heavy (non-hydrogen) atoms. The average molecular weight is 262 g/mol. The summed E-state index contributed by atoms with van der Waals surface area (Å²) in [4.78, 5) is 0. The van der Waals surface area contributed by atoms with Crippen LogP contribution in [0.2, 0.25) is 19.6 Å². The van der Waals surface area contributed by atoms with Crippen molar-refractivity contribution in [3.63, 3.8) is 0 Å². The van der Waals surface area contributed by atoms with Crippen molar-refractivity contribution in [3.05, 3.63) is 42.0 Å². The molecule has 0 N–H and O–H groups in total. The Balaban J connectivity index is 2.57. The van der Waals surface area contributed by atoms with E-state index < -0.39 is 8.32 Å². The Hall–Kier alpha value is -1.02. The normalized spacial score (nSPS) is 11.3. The Morgan fingerprint density at radius 2 is 1.72 bits per heavy atom. The van der Waals surface area contributed by atoms with Crippen molar-refractivity contribution in [1.82, 2.24) is 0 Å². The maximum absolute atomic E-state index is 5.91. The Kier molecular flexibility index (Phi) is 5.67. The van der Waals surface area contributed by atoms with Crippen LogP contribution in [0.3, 0.4) is 0 Å². The summed E-state index contributed by atoms with van der Waals surface area (Å²) in [5.74, 6) is 0.814. The average Bonchev–Trinajstić information content (AvgIpc) is 2.28. The molecule has 1 nitrogen and oxygen atoms in total. The van der Waals surface area contributed by atoms with E-state index in [1.54, 1.807) is 0 Å². The van der Waals surface area contributed by atoms with Gasteiger partial charge in [0.25, 0.3) is 0 Å². The summed E-state index contributed by atoms with van der Waals surface area (Å²) in [7, 11) is -1.54. The molecule has 2 heteroatoms. The summed E-state index contributed by atoms with van der Waals surface area (Å²) >= 11 is 0. The Bertz CT molecular complexity index is 373. The van der Waals surface area contributed by atoms with Crippen molar-refractivity contribution in [2.45, 2.75) is 52.2 Å². The summed E-state index contributed by atoms with van der Waals surface area (Å²) in [5, 5.41) is 0. The first-order chi connectivity index (χ1) is 8.42. The molecule has 0 radical (unpaired) electrons. The second kappa shape index (κ2) is 6.79. The van der Waals surface area contributed by atoms with Crippen molar-refractivity contribution < 1.29 is 4.43 Å². The topological polar surface area (TPSA) is 9.23 Å². The minimum absolute atomic E-state index is 0.814. The Morgan fingerprint density at radius 3 is 2.22 bits per heavy atom. The van der Waals surface area contributed by atoms with E-state index in [1.165, 1.54) is 31.2 Å². The van der Waals surface area contributed by atoms with Crippen LogP contribution < -0.4 is 0 Å². The van der Waals surface area contributed by atoms with Gasteiger partial charge in [-0.25, -0.2) is 0 Å². The molecule has 1 aromatic rings. The molecule has 0 aliphatic heterocycles. The maximum Gasteiger partial charge on any atom is 0.242 e. The van der Waals surface area contributed by atoms with E-state index in [1.807, 2.05) is 0 Å². The van der Waals surface area contributed by atoms with Gasteiger partial charge in [0, 0.05) is 5.56 Å². The second-order valence-corrected chi connectivity index (χ2v) is 10.2. The number of benzene rings is 1. The summed E-state index contributed by atoms with van der Waals surface area (Å²) in [5.41, 5.74) is 2.52. The van der Waals surface area contributed by atoms with E-state index in [0.717, 1.165) is 11.3 Å². The van der Waals surface area contributed by atoms with Gasteiger partial charge >= 0.3 is 0 Å². The highest BCUT2D eigenvalue weighted by Gasteiger charge is 2.17. The van der Waals surface area contributed by atoms with Gasteiger partial charge in [0.2, 0.25) is 8.32 Å². The number of rotatable bonds is 7. The van der Waals surface area contributed by atoms with Crippen molar-refractivity contribution in [2.24, 2.45) is 0 Å². The molecule has 0 unspecified atom stereocenters. The molecule has 1 aromatic carbocycles. The maximum atomic E-state index is 5.91. The second-order valence-electron chi connectivity index (χ2n) is 5.79. The molecule has 0 heterocycles. The zero-order valence-electron chi connectivity index (χ0n) is 12.3. The summed E-state index contributed by atoms with van der Waals surface area (Å²) in [6.45, 7) is 12.8. The molecule has 0 aliphatic carbocycles. The minimum Gasteiger partial charge on any atom is -0.544 e. The molecule has 0 spiro atoms. The Labute approximate surface area is 113 Å². The van der Waals surface area contributed by atoms with Crippen LogP contribution in [0.25, 0.3) is 5.76 Å². The van der Waals surface area contributed by atoms with Gasteiger partial charge in [-0.3, -0.25) is 0 Å². The summed E-state index contributed by atoms with van der Waals surface area (Å²) in [6, 6.07) is 8.65. The molecule has 0 bridgehead atoms. The van der Waals surface area contributed by atoms with Gasteiger partial charge < -0.3 is 4.43 Å². The van der Waals surface area contributed by atoms with Gasteiger partial charge in [0.05, 0.1) is 0 Å². The van der Waals surface area contributed by atoms with Crippen LogP contribution in [-0.4, -0.2) is 8.32 Å². The highest BCUT2D eigenvalue weighted by molar-refractivity contribution is 6.70. The minimum atomic E-state index is -1.54. The molecule has 0 saturated carbocycles. The highest BCUT2D eigenvalue weighted by Crippen LogP contribution is 2.20. The van der Waals surface area contributed by atoms with Crippen molar-refractivity contribution in [1.29, 1.82) is 0 Å². The standard InChI is InChI=1S/C16H26OSi/c1-6-7-8-9-15-10-12-16(13-11-15)14(2)17-18(3,4)5/h10-13H,2,6-9H2,1,3-5H3. The van der Waals surface area contributed by atoms with E-state index in [0.29, 0.717) is 0 Å². The first-order valence-electron chi connectivity index (χ1n) is 6.89. The lowest BCUT2D eigenvalue weighted by molar-refractivity contribution is 0.516. The fourth-order valence-corrected chi connectivity index (χ4v) is 2.72. The monoisotopic (exact) mass is 262 g/mol. The van der Waals surface area contributed by atoms with Crippen LogP contribution in [0.15, 0.2) is 30.8 Å². The summed E-state index contributed by atoms with van der Waals surface area (Å²) in [6.07, 6.45) is 5.05. The fourth-order valence-electron chi connectivity index (χ4n) is 1.86.